The molecule has 2 nitrogen and oxygen atoms in total. The largest absolute Gasteiger partial charge is 0.450 e. The van der Waals surface area contributed by atoms with Crippen LogP contribution in [0.2, 0.25) is 0 Å². The van der Waals surface area contributed by atoms with Crippen molar-refractivity contribution in [3.63, 3.8) is 0 Å². The molecule has 2 aromatic carbocycles. The van der Waals surface area contributed by atoms with E-state index in [2.05, 4.69) is 4.98 Å². The van der Waals surface area contributed by atoms with Crippen LogP contribution in [-0.4, -0.2) is 4.98 Å². The van der Waals surface area contributed by atoms with Crippen LogP contribution in [0.15, 0.2) is 34.7 Å². The molecule has 0 aliphatic heterocycles. The zero-order chi connectivity index (χ0) is 15.4. The number of aryl methyl sites for hydroxylation is 2. The summed E-state index contributed by atoms with van der Waals surface area (Å²) in [7, 11) is 0. The number of halogens is 2. The lowest BCUT2D eigenvalue weighted by atomic mass is 10.1. The van der Waals surface area contributed by atoms with E-state index in [1.165, 1.54) is 17.4 Å². The van der Waals surface area contributed by atoms with Crippen molar-refractivity contribution < 1.29 is 13.2 Å². The first-order valence-electron chi connectivity index (χ1n) is 6.78. The monoisotopic (exact) mass is 315 g/mol. The summed E-state index contributed by atoms with van der Waals surface area (Å²) >= 11 is 1.50. The second-order valence-electron chi connectivity index (χ2n) is 5.31. The maximum Gasteiger partial charge on any atom is 0.170 e. The number of nitrogens with zero attached hydrogens (tertiary/aromatic N) is 1. The molecule has 4 rings (SSSR count). The van der Waals surface area contributed by atoms with Gasteiger partial charge in [0.2, 0.25) is 0 Å². The fraction of sp³-hybridized carbons (Fsp3) is 0.118. The fourth-order valence-electron chi connectivity index (χ4n) is 2.55. The van der Waals surface area contributed by atoms with Crippen LogP contribution >= 0.6 is 11.3 Å². The van der Waals surface area contributed by atoms with Gasteiger partial charge in [0, 0.05) is 11.5 Å². The lowest BCUT2D eigenvalue weighted by Gasteiger charge is -1.96. The van der Waals surface area contributed by atoms with Crippen LogP contribution in [0.5, 0.6) is 0 Å². The molecule has 22 heavy (non-hydrogen) atoms. The molecule has 0 spiro atoms. The Morgan fingerprint density at radius 1 is 1.05 bits per heavy atom. The first kappa shape index (κ1) is 13.4. The normalized spacial score (nSPS) is 11.6. The molecule has 0 N–H and O–H groups in total. The van der Waals surface area contributed by atoms with Crippen molar-refractivity contribution in [3.05, 3.63) is 53.1 Å². The van der Waals surface area contributed by atoms with Gasteiger partial charge in [-0.2, -0.15) is 0 Å². The van der Waals surface area contributed by atoms with Crippen molar-refractivity contribution >= 4 is 32.5 Å². The Morgan fingerprint density at radius 2 is 1.82 bits per heavy atom. The minimum atomic E-state index is -0.699. The molecule has 0 unspecified atom stereocenters. The van der Waals surface area contributed by atoms with Gasteiger partial charge in [-0.25, -0.2) is 13.8 Å². The standard InChI is InChI=1S/C17H11F2NOS/c1-8-3-4-9(2)16-14(8)20-17(22-16)13-6-10-5-11(18)7-12(19)15(10)21-13/h3-7H,1-2H3. The van der Waals surface area contributed by atoms with Crippen LogP contribution in [0.3, 0.4) is 0 Å². The first-order chi connectivity index (χ1) is 10.5. The van der Waals surface area contributed by atoms with E-state index in [1.54, 1.807) is 6.07 Å². The SMILES string of the molecule is Cc1ccc(C)c2sc(-c3cc4cc(F)cc(F)c4o3)nc12. The predicted octanol–water partition coefficient (Wildman–Crippen LogP) is 5.60. The van der Waals surface area contributed by atoms with Crippen molar-refractivity contribution in [2.24, 2.45) is 0 Å². The van der Waals surface area contributed by atoms with Crippen LogP contribution in [0, 0.1) is 25.5 Å². The Kier molecular flexibility index (Phi) is 2.81. The maximum atomic E-state index is 13.8. The van der Waals surface area contributed by atoms with Gasteiger partial charge in [-0.3, -0.25) is 0 Å². The highest BCUT2D eigenvalue weighted by Crippen LogP contribution is 2.36. The number of benzene rings is 2. The summed E-state index contributed by atoms with van der Waals surface area (Å²) in [5.41, 5.74) is 3.20. The molecule has 0 amide bonds. The molecule has 0 atom stereocenters. The van der Waals surface area contributed by atoms with E-state index in [1.807, 2.05) is 26.0 Å². The fourth-order valence-corrected chi connectivity index (χ4v) is 3.61. The van der Waals surface area contributed by atoms with E-state index in [0.29, 0.717) is 16.2 Å². The van der Waals surface area contributed by atoms with Gasteiger partial charge in [0.05, 0.1) is 10.2 Å². The highest BCUT2D eigenvalue weighted by Gasteiger charge is 2.16. The molecular formula is C17H11F2NOS. The van der Waals surface area contributed by atoms with Crippen molar-refractivity contribution in [1.29, 1.82) is 0 Å². The van der Waals surface area contributed by atoms with Gasteiger partial charge in [0.25, 0.3) is 0 Å². The lowest BCUT2D eigenvalue weighted by molar-refractivity contribution is 0.553. The molecule has 0 saturated carbocycles. The number of hydrogen-bond donors (Lipinski definition) is 0. The van der Waals surface area contributed by atoms with Crippen molar-refractivity contribution in [2.75, 3.05) is 0 Å². The van der Waals surface area contributed by atoms with Gasteiger partial charge in [0.15, 0.2) is 22.2 Å². The third-order valence-corrected chi connectivity index (χ3v) is 4.89. The topological polar surface area (TPSA) is 26.0 Å². The Labute approximate surface area is 129 Å². The van der Waals surface area contributed by atoms with Gasteiger partial charge >= 0.3 is 0 Å². The Hall–Kier alpha value is -2.27. The van der Waals surface area contributed by atoms with Crippen molar-refractivity contribution in [3.8, 4) is 10.8 Å². The van der Waals surface area contributed by atoms with Crippen LogP contribution in [0.1, 0.15) is 11.1 Å². The summed E-state index contributed by atoms with van der Waals surface area (Å²) in [6.07, 6.45) is 0. The van der Waals surface area contributed by atoms with Gasteiger partial charge in [-0.1, -0.05) is 12.1 Å². The average Bonchev–Trinajstić information content (AvgIpc) is 3.07. The molecule has 0 aliphatic rings. The maximum absolute atomic E-state index is 13.8. The number of hydrogen-bond acceptors (Lipinski definition) is 3. The molecular weight excluding hydrogens is 304 g/mol. The molecule has 2 aromatic heterocycles. The van der Waals surface area contributed by atoms with E-state index in [4.69, 9.17) is 4.42 Å². The Morgan fingerprint density at radius 3 is 2.59 bits per heavy atom. The van der Waals surface area contributed by atoms with Crippen LogP contribution in [0.4, 0.5) is 8.78 Å². The van der Waals surface area contributed by atoms with E-state index in [-0.39, 0.29) is 5.58 Å². The zero-order valence-electron chi connectivity index (χ0n) is 11.9. The summed E-state index contributed by atoms with van der Waals surface area (Å²) < 4.78 is 33.7. The third kappa shape index (κ3) is 1.93. The molecule has 2 heterocycles. The Bertz CT molecular complexity index is 993. The molecule has 0 bridgehead atoms. The second-order valence-corrected chi connectivity index (χ2v) is 6.31. The third-order valence-electron chi connectivity index (χ3n) is 3.69. The smallest absolute Gasteiger partial charge is 0.170 e. The van der Waals surface area contributed by atoms with Crippen molar-refractivity contribution in [1.82, 2.24) is 4.98 Å². The minimum absolute atomic E-state index is 0.0594. The van der Waals surface area contributed by atoms with Gasteiger partial charge in [0.1, 0.15) is 5.82 Å². The van der Waals surface area contributed by atoms with Crippen LogP contribution in [0.25, 0.3) is 32.0 Å². The molecule has 4 aromatic rings. The molecule has 110 valence electrons. The first-order valence-corrected chi connectivity index (χ1v) is 7.60. The minimum Gasteiger partial charge on any atom is -0.450 e. The van der Waals surface area contributed by atoms with Crippen molar-refractivity contribution in [2.45, 2.75) is 13.8 Å². The summed E-state index contributed by atoms with van der Waals surface area (Å²) in [6, 6.07) is 7.78. The number of fused-ring (bicyclic) bond motifs is 2. The molecule has 0 saturated heterocycles. The van der Waals surface area contributed by atoms with Gasteiger partial charge < -0.3 is 4.42 Å². The van der Waals surface area contributed by atoms with Gasteiger partial charge in [-0.05, 0) is 37.1 Å². The van der Waals surface area contributed by atoms with Gasteiger partial charge in [-0.15, -0.1) is 11.3 Å². The molecule has 0 radical (unpaired) electrons. The zero-order valence-corrected chi connectivity index (χ0v) is 12.7. The van der Waals surface area contributed by atoms with E-state index < -0.39 is 11.6 Å². The summed E-state index contributed by atoms with van der Waals surface area (Å²) in [6.45, 7) is 4.02. The summed E-state index contributed by atoms with van der Waals surface area (Å²) in [5, 5.41) is 1.07. The number of aromatic nitrogens is 1. The molecule has 0 fully saturated rings. The highest BCUT2D eigenvalue weighted by atomic mass is 32.1. The number of thiazole rings is 1. The Balaban J connectivity index is 1.97. The van der Waals surface area contributed by atoms with Crippen LogP contribution < -0.4 is 0 Å². The van der Waals surface area contributed by atoms with Crippen LogP contribution in [-0.2, 0) is 0 Å². The average molecular weight is 315 g/mol. The molecule has 0 aliphatic carbocycles. The quantitative estimate of drug-likeness (QED) is 0.456. The highest BCUT2D eigenvalue weighted by molar-refractivity contribution is 7.21. The lowest BCUT2D eigenvalue weighted by Crippen LogP contribution is -1.79. The number of rotatable bonds is 1. The molecule has 5 heteroatoms. The van der Waals surface area contributed by atoms with E-state index >= 15 is 0 Å². The summed E-state index contributed by atoms with van der Waals surface area (Å²) in [5.74, 6) is -0.859. The number of furan rings is 1. The second kappa shape index (κ2) is 4.61. The predicted molar refractivity (Wildman–Crippen MR) is 84.2 cm³/mol. The summed E-state index contributed by atoms with van der Waals surface area (Å²) in [4.78, 5) is 4.60. The van der Waals surface area contributed by atoms with E-state index in [0.717, 1.165) is 27.4 Å². The van der Waals surface area contributed by atoms with E-state index in [9.17, 15) is 8.78 Å².